The van der Waals surface area contributed by atoms with Crippen molar-refractivity contribution in [3.8, 4) is 0 Å². The van der Waals surface area contributed by atoms with Gasteiger partial charge in [-0.2, -0.15) is 0 Å². The Morgan fingerprint density at radius 2 is 2.46 bits per heavy atom. The van der Waals surface area contributed by atoms with Crippen LogP contribution in [0.25, 0.3) is 0 Å². The molecule has 1 unspecified atom stereocenters. The van der Waals surface area contributed by atoms with E-state index in [0.717, 1.165) is 5.69 Å². The summed E-state index contributed by atoms with van der Waals surface area (Å²) < 4.78 is 0. The quantitative estimate of drug-likeness (QED) is 0.749. The van der Waals surface area contributed by atoms with E-state index in [1.54, 1.807) is 18.3 Å². The van der Waals surface area contributed by atoms with Crippen LogP contribution in [-0.4, -0.2) is 16.8 Å². The molecule has 0 spiro atoms. The molecule has 0 bridgehead atoms. The number of alkyl halides is 1. The van der Waals surface area contributed by atoms with Crippen molar-refractivity contribution in [3.63, 3.8) is 0 Å². The van der Waals surface area contributed by atoms with E-state index < -0.39 is 5.91 Å². The number of amides is 1. The highest BCUT2D eigenvalue weighted by atomic mass is 35.5. The smallest absolute Gasteiger partial charge is 0.248 e. The number of rotatable bonds is 3. The topological polar surface area (TPSA) is 56.0 Å². The van der Waals surface area contributed by atoms with Gasteiger partial charge in [-0.25, -0.2) is 0 Å². The molecule has 0 saturated carbocycles. The van der Waals surface area contributed by atoms with Gasteiger partial charge in [0.25, 0.3) is 0 Å². The minimum atomic E-state index is -0.439. The largest absolute Gasteiger partial charge is 0.366 e. The van der Waals surface area contributed by atoms with Crippen LogP contribution in [0.3, 0.4) is 0 Å². The van der Waals surface area contributed by atoms with Crippen molar-refractivity contribution in [1.29, 1.82) is 0 Å². The molecule has 0 radical (unpaired) electrons. The lowest BCUT2D eigenvalue weighted by molar-refractivity contribution is 0.1000. The zero-order valence-electron chi connectivity index (χ0n) is 7.33. The fourth-order valence-electron chi connectivity index (χ4n) is 0.950. The van der Waals surface area contributed by atoms with E-state index in [4.69, 9.17) is 17.3 Å². The van der Waals surface area contributed by atoms with Gasteiger partial charge >= 0.3 is 0 Å². The molecule has 0 fully saturated rings. The molecular formula is C9H11ClN2O. The Labute approximate surface area is 81.9 Å². The van der Waals surface area contributed by atoms with Crippen LogP contribution in [0, 0.1) is 0 Å². The van der Waals surface area contributed by atoms with Gasteiger partial charge in [-0.1, -0.05) is 6.92 Å². The normalized spacial score (nSPS) is 12.5. The van der Waals surface area contributed by atoms with Crippen molar-refractivity contribution in [2.24, 2.45) is 5.73 Å². The van der Waals surface area contributed by atoms with Gasteiger partial charge in [-0.05, 0) is 12.1 Å². The second-order valence-electron chi connectivity index (χ2n) is 2.89. The molecule has 1 atom stereocenters. The van der Waals surface area contributed by atoms with Gasteiger partial charge in [0.2, 0.25) is 5.91 Å². The molecule has 1 rings (SSSR count). The van der Waals surface area contributed by atoms with Crippen molar-refractivity contribution < 1.29 is 4.79 Å². The molecule has 0 saturated heterocycles. The number of carbonyl (C=O) groups excluding carboxylic acids is 1. The van der Waals surface area contributed by atoms with Crippen LogP contribution >= 0.6 is 11.6 Å². The number of hydrogen-bond acceptors (Lipinski definition) is 2. The van der Waals surface area contributed by atoms with Crippen molar-refractivity contribution >= 4 is 17.5 Å². The highest BCUT2D eigenvalue weighted by Crippen LogP contribution is 2.14. The Balaban J connectivity index is 2.98. The van der Waals surface area contributed by atoms with Crippen LogP contribution in [0.5, 0.6) is 0 Å². The van der Waals surface area contributed by atoms with Gasteiger partial charge in [0.1, 0.15) is 0 Å². The number of nitrogens with zero attached hydrogens (tertiary/aromatic N) is 1. The highest BCUT2D eigenvalue weighted by Gasteiger charge is 2.07. The molecule has 1 aromatic rings. The summed E-state index contributed by atoms with van der Waals surface area (Å²) in [5.41, 5.74) is 6.40. The van der Waals surface area contributed by atoms with E-state index in [0.29, 0.717) is 11.4 Å². The summed E-state index contributed by atoms with van der Waals surface area (Å²) in [6.45, 7) is 1.94. The number of halogens is 1. The second kappa shape index (κ2) is 4.23. The number of carbonyl (C=O) groups is 1. The number of primary amides is 1. The lowest BCUT2D eigenvalue weighted by Crippen LogP contribution is -2.12. The number of pyridine rings is 1. The molecular weight excluding hydrogens is 188 g/mol. The van der Waals surface area contributed by atoms with Crippen LogP contribution in [0.4, 0.5) is 0 Å². The van der Waals surface area contributed by atoms with Crippen LogP contribution in [0.1, 0.15) is 28.9 Å². The lowest BCUT2D eigenvalue weighted by atomic mass is 10.1. The molecule has 2 N–H and O–H groups in total. The Bertz CT molecular complexity index is 314. The summed E-state index contributed by atoms with van der Waals surface area (Å²) in [6.07, 6.45) is 1.57. The lowest BCUT2D eigenvalue weighted by Gasteiger charge is -2.06. The first kappa shape index (κ1) is 9.99. The van der Waals surface area contributed by atoms with Gasteiger partial charge in [0.15, 0.2) is 0 Å². The summed E-state index contributed by atoms with van der Waals surface area (Å²) in [5.74, 6) is 0.182. The minimum absolute atomic E-state index is 0.140. The fraction of sp³-hybridized carbons (Fsp3) is 0.333. The van der Waals surface area contributed by atoms with Crippen LogP contribution in [0.15, 0.2) is 18.3 Å². The second-order valence-corrected chi connectivity index (χ2v) is 3.20. The molecule has 1 amide bonds. The third kappa shape index (κ3) is 2.42. The third-order valence-corrected chi connectivity index (χ3v) is 2.26. The standard InChI is InChI=1S/C9H11ClN2O/c1-6(5-10)8-4-7(9(11)13)2-3-12-8/h2-4,6H,5H2,1H3,(H2,11,13). The Morgan fingerprint density at radius 1 is 1.77 bits per heavy atom. The summed E-state index contributed by atoms with van der Waals surface area (Å²) in [5, 5.41) is 0. The van der Waals surface area contributed by atoms with Gasteiger partial charge in [0, 0.05) is 29.3 Å². The van der Waals surface area contributed by atoms with E-state index in [2.05, 4.69) is 4.98 Å². The maximum absolute atomic E-state index is 10.8. The summed E-state index contributed by atoms with van der Waals surface area (Å²) in [4.78, 5) is 14.9. The fourth-order valence-corrected chi connectivity index (χ4v) is 1.11. The van der Waals surface area contributed by atoms with Gasteiger partial charge in [-0.3, -0.25) is 9.78 Å². The Kier molecular flexibility index (Phi) is 3.25. The summed E-state index contributed by atoms with van der Waals surface area (Å²) in [7, 11) is 0. The van der Waals surface area contributed by atoms with E-state index in [1.807, 2.05) is 6.92 Å². The van der Waals surface area contributed by atoms with Crippen molar-refractivity contribution in [2.45, 2.75) is 12.8 Å². The Morgan fingerprint density at radius 3 is 3.00 bits per heavy atom. The average molecular weight is 199 g/mol. The first-order valence-electron chi connectivity index (χ1n) is 3.97. The van der Waals surface area contributed by atoms with Gasteiger partial charge < -0.3 is 5.73 Å². The molecule has 1 heterocycles. The molecule has 1 aromatic heterocycles. The zero-order chi connectivity index (χ0) is 9.84. The predicted molar refractivity (Wildman–Crippen MR) is 51.9 cm³/mol. The Hall–Kier alpha value is -1.09. The monoisotopic (exact) mass is 198 g/mol. The molecule has 0 aromatic carbocycles. The van der Waals surface area contributed by atoms with Crippen LogP contribution in [-0.2, 0) is 0 Å². The minimum Gasteiger partial charge on any atom is -0.366 e. The molecule has 70 valence electrons. The maximum atomic E-state index is 10.8. The highest BCUT2D eigenvalue weighted by molar-refractivity contribution is 6.18. The first-order valence-corrected chi connectivity index (χ1v) is 4.50. The van der Waals surface area contributed by atoms with Crippen LogP contribution in [0.2, 0.25) is 0 Å². The van der Waals surface area contributed by atoms with Gasteiger partial charge in [-0.15, -0.1) is 11.6 Å². The number of nitrogens with two attached hydrogens (primary N) is 1. The molecule has 0 aliphatic heterocycles. The van der Waals surface area contributed by atoms with E-state index in [-0.39, 0.29) is 5.92 Å². The predicted octanol–water partition coefficient (Wildman–Crippen LogP) is 1.52. The van der Waals surface area contributed by atoms with Crippen molar-refractivity contribution in [2.75, 3.05) is 5.88 Å². The number of hydrogen-bond donors (Lipinski definition) is 1. The third-order valence-electron chi connectivity index (χ3n) is 1.80. The SMILES string of the molecule is CC(CCl)c1cc(C(N)=O)ccn1. The van der Waals surface area contributed by atoms with E-state index in [1.165, 1.54) is 0 Å². The zero-order valence-corrected chi connectivity index (χ0v) is 8.08. The number of aromatic nitrogens is 1. The molecule has 4 heteroatoms. The molecule has 3 nitrogen and oxygen atoms in total. The van der Waals surface area contributed by atoms with Crippen molar-refractivity contribution in [1.82, 2.24) is 4.98 Å². The average Bonchev–Trinajstić information content (AvgIpc) is 2.17. The van der Waals surface area contributed by atoms with E-state index >= 15 is 0 Å². The summed E-state index contributed by atoms with van der Waals surface area (Å²) in [6, 6.07) is 3.27. The van der Waals surface area contributed by atoms with E-state index in [9.17, 15) is 4.79 Å². The van der Waals surface area contributed by atoms with Crippen LogP contribution < -0.4 is 5.73 Å². The molecule has 0 aliphatic carbocycles. The molecule has 0 aliphatic rings. The van der Waals surface area contributed by atoms with Crippen molar-refractivity contribution in [3.05, 3.63) is 29.6 Å². The maximum Gasteiger partial charge on any atom is 0.248 e. The first-order chi connectivity index (χ1) is 6.15. The van der Waals surface area contributed by atoms with Gasteiger partial charge in [0.05, 0.1) is 0 Å². The summed E-state index contributed by atoms with van der Waals surface area (Å²) >= 11 is 5.66. The molecule has 13 heavy (non-hydrogen) atoms.